The van der Waals surface area contributed by atoms with E-state index < -0.39 is 0 Å². The smallest absolute Gasteiger partial charge is 0.167 e. The fourth-order valence-corrected chi connectivity index (χ4v) is 3.25. The Hall–Kier alpha value is -0.650. The molecule has 1 atom stereocenters. The topological polar surface area (TPSA) is 49.5 Å². The molecule has 1 heterocycles. The van der Waals surface area contributed by atoms with Gasteiger partial charge in [-0.1, -0.05) is 0 Å². The largest absolute Gasteiger partial charge is 0.394 e. The molecular formula is C13H22N2OS2. The first kappa shape index (κ1) is 15.4. The van der Waals surface area contributed by atoms with E-state index in [9.17, 15) is 5.11 Å². The van der Waals surface area contributed by atoms with Crippen LogP contribution in [0.15, 0.2) is 16.8 Å². The van der Waals surface area contributed by atoms with Crippen molar-refractivity contribution in [3.63, 3.8) is 0 Å². The molecular weight excluding hydrogens is 264 g/mol. The van der Waals surface area contributed by atoms with E-state index in [4.69, 9.17) is 18.0 Å². The summed E-state index contributed by atoms with van der Waals surface area (Å²) >= 11 is 6.81. The maximum absolute atomic E-state index is 9.58. The molecule has 0 saturated carbocycles. The number of thiocarbonyl (C=S) groups is 1. The minimum atomic E-state index is -0.173. The fourth-order valence-electron chi connectivity index (χ4n) is 2.13. The first-order chi connectivity index (χ1) is 8.36. The van der Waals surface area contributed by atoms with Crippen molar-refractivity contribution in [3.05, 3.63) is 22.4 Å². The maximum atomic E-state index is 9.58. The van der Waals surface area contributed by atoms with E-state index in [1.54, 1.807) is 11.3 Å². The summed E-state index contributed by atoms with van der Waals surface area (Å²) in [5.41, 5.74) is 6.92. The highest BCUT2D eigenvalue weighted by Gasteiger charge is 2.29. The van der Waals surface area contributed by atoms with Crippen LogP contribution < -0.4 is 5.73 Å². The SMILES string of the molecule is CC(C)(C)N(C(N)=S)[C@@H](CO)CCc1ccsc1. The third-order valence-electron chi connectivity index (χ3n) is 2.88. The van der Waals surface area contributed by atoms with Crippen LogP contribution in [0.3, 0.4) is 0 Å². The Balaban J connectivity index is 2.71. The predicted molar refractivity (Wildman–Crippen MR) is 81.9 cm³/mol. The van der Waals surface area contributed by atoms with Crippen molar-refractivity contribution >= 4 is 28.7 Å². The lowest BCUT2D eigenvalue weighted by molar-refractivity contribution is 0.109. The summed E-state index contributed by atoms with van der Waals surface area (Å²) in [4.78, 5) is 1.94. The van der Waals surface area contributed by atoms with E-state index in [1.165, 1.54) is 5.56 Å². The zero-order valence-electron chi connectivity index (χ0n) is 11.2. The van der Waals surface area contributed by atoms with E-state index in [0.717, 1.165) is 12.8 Å². The number of rotatable bonds is 5. The van der Waals surface area contributed by atoms with Gasteiger partial charge in [-0.05, 0) is 68.2 Å². The predicted octanol–water partition coefficient (Wildman–Crippen LogP) is 2.39. The Bertz CT molecular complexity index is 371. The van der Waals surface area contributed by atoms with E-state index in [-0.39, 0.29) is 18.2 Å². The third-order valence-corrected chi connectivity index (χ3v) is 3.81. The van der Waals surface area contributed by atoms with Crippen molar-refractivity contribution in [1.29, 1.82) is 0 Å². The maximum Gasteiger partial charge on any atom is 0.167 e. The van der Waals surface area contributed by atoms with Crippen LogP contribution in [0, 0.1) is 0 Å². The third kappa shape index (κ3) is 4.23. The van der Waals surface area contributed by atoms with Gasteiger partial charge in [0.15, 0.2) is 5.11 Å². The van der Waals surface area contributed by atoms with Gasteiger partial charge in [0.1, 0.15) is 0 Å². The van der Waals surface area contributed by atoms with Gasteiger partial charge in [-0.3, -0.25) is 0 Å². The second-order valence-electron chi connectivity index (χ2n) is 5.39. The molecule has 0 aliphatic rings. The molecule has 3 N–H and O–H groups in total. The van der Waals surface area contributed by atoms with Crippen molar-refractivity contribution in [2.24, 2.45) is 5.73 Å². The van der Waals surface area contributed by atoms with Gasteiger partial charge in [0.05, 0.1) is 12.6 Å². The van der Waals surface area contributed by atoms with Crippen molar-refractivity contribution in [2.75, 3.05) is 6.61 Å². The van der Waals surface area contributed by atoms with Gasteiger partial charge in [-0.2, -0.15) is 11.3 Å². The molecule has 3 nitrogen and oxygen atoms in total. The molecule has 18 heavy (non-hydrogen) atoms. The molecule has 0 amide bonds. The minimum absolute atomic E-state index is 0.0256. The number of aryl methyl sites for hydroxylation is 1. The monoisotopic (exact) mass is 286 g/mol. The second kappa shape index (κ2) is 6.50. The molecule has 0 spiro atoms. The summed E-state index contributed by atoms with van der Waals surface area (Å²) in [5.74, 6) is 0. The van der Waals surface area contributed by atoms with Crippen LogP contribution in [0.1, 0.15) is 32.8 Å². The number of nitrogens with zero attached hydrogens (tertiary/aromatic N) is 1. The van der Waals surface area contributed by atoms with Gasteiger partial charge < -0.3 is 15.7 Å². The van der Waals surface area contributed by atoms with Crippen LogP contribution in [-0.4, -0.2) is 33.3 Å². The van der Waals surface area contributed by atoms with Gasteiger partial charge in [0, 0.05) is 5.54 Å². The number of hydrogen-bond donors (Lipinski definition) is 2. The number of thiophene rings is 1. The molecule has 0 saturated heterocycles. The van der Waals surface area contributed by atoms with E-state index in [2.05, 4.69) is 37.6 Å². The van der Waals surface area contributed by atoms with Crippen molar-refractivity contribution in [2.45, 2.75) is 45.2 Å². The summed E-state index contributed by atoms with van der Waals surface area (Å²) in [7, 11) is 0. The molecule has 102 valence electrons. The molecule has 1 aromatic rings. The lowest BCUT2D eigenvalue weighted by Crippen LogP contribution is -2.55. The Labute approximate surface area is 119 Å². The molecule has 1 aromatic heterocycles. The number of aliphatic hydroxyl groups is 1. The van der Waals surface area contributed by atoms with Gasteiger partial charge in [0.2, 0.25) is 0 Å². The highest BCUT2D eigenvalue weighted by molar-refractivity contribution is 7.80. The van der Waals surface area contributed by atoms with E-state index in [0.29, 0.717) is 5.11 Å². The molecule has 0 radical (unpaired) electrons. The average molecular weight is 286 g/mol. The Morgan fingerprint density at radius 3 is 2.61 bits per heavy atom. The minimum Gasteiger partial charge on any atom is -0.394 e. The number of aliphatic hydroxyl groups excluding tert-OH is 1. The number of hydrogen-bond acceptors (Lipinski definition) is 3. The highest BCUT2D eigenvalue weighted by Crippen LogP contribution is 2.20. The zero-order valence-corrected chi connectivity index (χ0v) is 12.9. The van der Waals surface area contributed by atoms with Gasteiger partial charge in [0.25, 0.3) is 0 Å². The van der Waals surface area contributed by atoms with Crippen LogP contribution in [0.5, 0.6) is 0 Å². The van der Waals surface area contributed by atoms with Crippen molar-refractivity contribution < 1.29 is 5.11 Å². The Morgan fingerprint density at radius 1 is 1.56 bits per heavy atom. The first-order valence-corrected chi connectivity index (χ1v) is 7.42. The van der Waals surface area contributed by atoms with Crippen molar-refractivity contribution in [1.82, 2.24) is 4.90 Å². The Kier molecular flexibility index (Phi) is 5.56. The molecule has 5 heteroatoms. The quantitative estimate of drug-likeness (QED) is 0.816. The summed E-state index contributed by atoms with van der Waals surface area (Å²) in [6, 6.07) is 2.09. The molecule has 0 aromatic carbocycles. The van der Waals surface area contributed by atoms with Crippen LogP contribution >= 0.6 is 23.6 Å². The summed E-state index contributed by atoms with van der Waals surface area (Å²) in [6.07, 6.45) is 1.78. The standard InChI is InChI=1S/C13H22N2OS2/c1-13(2,3)15(12(14)17)11(8-16)5-4-10-6-7-18-9-10/h6-7,9,11,16H,4-5,8H2,1-3H3,(H2,14,17)/t11-/m1/s1. The Morgan fingerprint density at radius 2 is 2.22 bits per heavy atom. The van der Waals surface area contributed by atoms with E-state index in [1.807, 2.05) is 4.90 Å². The lowest BCUT2D eigenvalue weighted by Gasteiger charge is -2.41. The van der Waals surface area contributed by atoms with Crippen LogP contribution in [0.25, 0.3) is 0 Å². The van der Waals surface area contributed by atoms with Crippen LogP contribution in [0.4, 0.5) is 0 Å². The summed E-state index contributed by atoms with van der Waals surface area (Å²) in [5, 5.41) is 14.1. The van der Waals surface area contributed by atoms with Gasteiger partial charge >= 0.3 is 0 Å². The van der Waals surface area contributed by atoms with Crippen LogP contribution in [-0.2, 0) is 6.42 Å². The molecule has 0 aliphatic heterocycles. The number of nitrogens with two attached hydrogens (primary N) is 1. The van der Waals surface area contributed by atoms with Crippen molar-refractivity contribution in [3.8, 4) is 0 Å². The zero-order chi connectivity index (χ0) is 13.8. The molecule has 0 bridgehead atoms. The lowest BCUT2D eigenvalue weighted by atomic mass is 10.00. The average Bonchev–Trinajstić information content (AvgIpc) is 2.74. The van der Waals surface area contributed by atoms with Gasteiger partial charge in [-0.15, -0.1) is 0 Å². The fraction of sp³-hybridized carbons (Fsp3) is 0.615. The normalized spacial score (nSPS) is 13.3. The second-order valence-corrected chi connectivity index (χ2v) is 6.58. The summed E-state index contributed by atoms with van der Waals surface area (Å²) in [6.45, 7) is 6.23. The summed E-state index contributed by atoms with van der Waals surface area (Å²) < 4.78 is 0. The molecule has 1 rings (SSSR count). The molecule has 0 fully saturated rings. The molecule has 0 aliphatic carbocycles. The van der Waals surface area contributed by atoms with Crippen LogP contribution in [0.2, 0.25) is 0 Å². The highest BCUT2D eigenvalue weighted by atomic mass is 32.1. The van der Waals surface area contributed by atoms with E-state index >= 15 is 0 Å². The van der Waals surface area contributed by atoms with Gasteiger partial charge in [-0.25, -0.2) is 0 Å². The first-order valence-electron chi connectivity index (χ1n) is 6.07. The molecule has 0 unspecified atom stereocenters.